The van der Waals surface area contributed by atoms with E-state index in [1.165, 1.54) is 0 Å². The van der Waals surface area contributed by atoms with Gasteiger partial charge in [0.1, 0.15) is 5.84 Å². The van der Waals surface area contributed by atoms with Crippen LogP contribution in [-0.2, 0) is 10.2 Å². The molecule has 2 rings (SSSR count). The lowest BCUT2D eigenvalue weighted by molar-refractivity contribution is -0.133. The number of likely N-dealkylation sites (N-methyl/N-ethyl adjacent to an activating group) is 1. The average Bonchev–Trinajstić information content (AvgIpc) is 3.30. The van der Waals surface area contributed by atoms with Crippen LogP contribution in [0.1, 0.15) is 31.7 Å². The van der Waals surface area contributed by atoms with Crippen LogP contribution in [0.15, 0.2) is 35.5 Å². The minimum atomic E-state index is -0.345. The van der Waals surface area contributed by atoms with E-state index in [0.717, 1.165) is 18.4 Å². The standard InChI is InChI=1S/C15H21N3O2/c1-2-18(11-8-13(16)17-20)14(19)15(9-10-15)12-6-4-3-5-7-12/h3-7,20H,2,8-11H2,1H3,(H2,16,17). The first kappa shape index (κ1) is 14.4. The number of benzene rings is 1. The summed E-state index contributed by atoms with van der Waals surface area (Å²) in [6.45, 7) is 3.07. The molecule has 1 aliphatic rings. The molecule has 0 spiro atoms. The molecule has 0 aliphatic heterocycles. The number of carbonyl (C=O) groups excluding carboxylic acids is 1. The topological polar surface area (TPSA) is 78.9 Å². The molecule has 1 aliphatic carbocycles. The normalized spacial score (nSPS) is 16.8. The van der Waals surface area contributed by atoms with Gasteiger partial charge in [-0.2, -0.15) is 0 Å². The second-order valence-electron chi connectivity index (χ2n) is 5.17. The Bertz CT molecular complexity index is 495. The maximum atomic E-state index is 12.7. The molecule has 1 amide bonds. The summed E-state index contributed by atoms with van der Waals surface area (Å²) < 4.78 is 0. The number of hydrogen-bond donors (Lipinski definition) is 2. The zero-order valence-electron chi connectivity index (χ0n) is 11.7. The van der Waals surface area contributed by atoms with E-state index < -0.39 is 0 Å². The van der Waals surface area contributed by atoms with E-state index in [1.807, 2.05) is 37.3 Å². The first-order valence-electron chi connectivity index (χ1n) is 6.95. The van der Waals surface area contributed by atoms with Crippen molar-refractivity contribution in [1.29, 1.82) is 0 Å². The maximum absolute atomic E-state index is 12.7. The van der Waals surface area contributed by atoms with Gasteiger partial charge in [-0.05, 0) is 25.3 Å². The smallest absolute Gasteiger partial charge is 0.233 e. The van der Waals surface area contributed by atoms with Gasteiger partial charge in [-0.3, -0.25) is 4.79 Å². The number of rotatable bonds is 6. The van der Waals surface area contributed by atoms with Crippen LogP contribution in [0.4, 0.5) is 0 Å². The molecule has 1 fully saturated rings. The molecular formula is C15H21N3O2. The Morgan fingerprint density at radius 2 is 2.05 bits per heavy atom. The fourth-order valence-electron chi connectivity index (χ4n) is 2.51. The third kappa shape index (κ3) is 2.76. The van der Waals surface area contributed by atoms with Crippen LogP contribution < -0.4 is 5.73 Å². The Morgan fingerprint density at radius 3 is 2.55 bits per heavy atom. The maximum Gasteiger partial charge on any atom is 0.233 e. The molecule has 0 atom stereocenters. The van der Waals surface area contributed by atoms with Crippen LogP contribution in [0.5, 0.6) is 0 Å². The second-order valence-corrected chi connectivity index (χ2v) is 5.17. The molecule has 5 heteroatoms. The van der Waals surface area contributed by atoms with Crippen LogP contribution in [0.2, 0.25) is 0 Å². The van der Waals surface area contributed by atoms with Crippen molar-refractivity contribution in [3.05, 3.63) is 35.9 Å². The molecule has 0 radical (unpaired) electrons. The van der Waals surface area contributed by atoms with E-state index in [2.05, 4.69) is 5.16 Å². The number of nitrogens with two attached hydrogens (primary N) is 1. The third-order valence-corrected chi connectivity index (χ3v) is 3.92. The van der Waals surface area contributed by atoms with Crippen LogP contribution in [0, 0.1) is 0 Å². The van der Waals surface area contributed by atoms with Gasteiger partial charge in [0.25, 0.3) is 0 Å². The van der Waals surface area contributed by atoms with Crippen LogP contribution in [-0.4, -0.2) is 34.9 Å². The van der Waals surface area contributed by atoms with Gasteiger partial charge in [0, 0.05) is 19.5 Å². The number of carbonyl (C=O) groups is 1. The molecule has 1 aromatic carbocycles. The Kier molecular flexibility index (Phi) is 4.27. The highest BCUT2D eigenvalue weighted by atomic mass is 16.4. The van der Waals surface area contributed by atoms with Gasteiger partial charge in [0.05, 0.1) is 5.41 Å². The fraction of sp³-hybridized carbons (Fsp3) is 0.467. The van der Waals surface area contributed by atoms with Gasteiger partial charge < -0.3 is 15.8 Å². The minimum Gasteiger partial charge on any atom is -0.409 e. The van der Waals surface area contributed by atoms with E-state index in [4.69, 9.17) is 10.9 Å². The van der Waals surface area contributed by atoms with Crippen molar-refractivity contribution in [3.63, 3.8) is 0 Å². The highest BCUT2D eigenvalue weighted by molar-refractivity contribution is 5.91. The number of amides is 1. The van der Waals surface area contributed by atoms with Gasteiger partial charge in [-0.25, -0.2) is 0 Å². The summed E-state index contributed by atoms with van der Waals surface area (Å²) in [4.78, 5) is 14.5. The number of nitrogens with zero attached hydrogens (tertiary/aromatic N) is 2. The van der Waals surface area contributed by atoms with Gasteiger partial charge in [0.2, 0.25) is 5.91 Å². The van der Waals surface area contributed by atoms with E-state index in [1.54, 1.807) is 4.90 Å². The van der Waals surface area contributed by atoms with Gasteiger partial charge in [-0.15, -0.1) is 0 Å². The van der Waals surface area contributed by atoms with Gasteiger partial charge in [-0.1, -0.05) is 35.5 Å². The Hall–Kier alpha value is -2.04. The third-order valence-electron chi connectivity index (χ3n) is 3.92. The lowest BCUT2D eigenvalue weighted by Crippen LogP contribution is -2.40. The van der Waals surface area contributed by atoms with E-state index in [9.17, 15) is 4.79 Å². The highest BCUT2D eigenvalue weighted by Crippen LogP contribution is 2.49. The fourth-order valence-corrected chi connectivity index (χ4v) is 2.51. The zero-order chi connectivity index (χ0) is 14.6. The first-order valence-corrected chi connectivity index (χ1v) is 6.95. The molecule has 3 N–H and O–H groups in total. The molecule has 0 saturated heterocycles. The zero-order valence-corrected chi connectivity index (χ0v) is 11.7. The second kappa shape index (κ2) is 5.94. The van der Waals surface area contributed by atoms with Crippen molar-refractivity contribution in [2.75, 3.05) is 13.1 Å². The number of hydrogen-bond acceptors (Lipinski definition) is 3. The molecule has 1 aromatic rings. The predicted octanol–water partition coefficient (Wildman–Crippen LogP) is 1.70. The summed E-state index contributed by atoms with van der Waals surface area (Å²) in [5.74, 6) is 0.303. The first-order chi connectivity index (χ1) is 9.64. The van der Waals surface area contributed by atoms with Crippen molar-refractivity contribution in [3.8, 4) is 0 Å². The van der Waals surface area contributed by atoms with Gasteiger partial charge >= 0.3 is 0 Å². The van der Waals surface area contributed by atoms with Gasteiger partial charge in [0.15, 0.2) is 0 Å². The molecular weight excluding hydrogens is 254 g/mol. The minimum absolute atomic E-state index is 0.150. The van der Waals surface area contributed by atoms with E-state index in [0.29, 0.717) is 19.5 Å². The molecule has 20 heavy (non-hydrogen) atoms. The quantitative estimate of drug-likeness (QED) is 0.359. The Balaban J connectivity index is 2.09. The summed E-state index contributed by atoms with van der Waals surface area (Å²) in [5.41, 5.74) is 6.22. The molecule has 0 aromatic heterocycles. The van der Waals surface area contributed by atoms with Crippen molar-refractivity contribution < 1.29 is 10.0 Å². The SMILES string of the molecule is CCN(CCC(N)=NO)C(=O)C1(c2ccccc2)CC1. The lowest BCUT2D eigenvalue weighted by Gasteiger charge is -2.26. The van der Waals surface area contributed by atoms with Crippen molar-refractivity contribution >= 4 is 11.7 Å². The molecule has 1 saturated carbocycles. The van der Waals surface area contributed by atoms with Crippen LogP contribution in [0.25, 0.3) is 0 Å². The number of amidine groups is 1. The molecule has 0 heterocycles. The Morgan fingerprint density at radius 1 is 1.40 bits per heavy atom. The van der Waals surface area contributed by atoms with Crippen LogP contribution in [0.3, 0.4) is 0 Å². The highest BCUT2D eigenvalue weighted by Gasteiger charge is 2.52. The molecule has 0 unspecified atom stereocenters. The summed E-state index contributed by atoms with van der Waals surface area (Å²) >= 11 is 0. The van der Waals surface area contributed by atoms with E-state index in [-0.39, 0.29) is 17.2 Å². The van der Waals surface area contributed by atoms with Crippen molar-refractivity contribution in [1.82, 2.24) is 4.90 Å². The van der Waals surface area contributed by atoms with Crippen molar-refractivity contribution in [2.24, 2.45) is 10.9 Å². The molecule has 108 valence electrons. The predicted molar refractivity (Wildman–Crippen MR) is 77.6 cm³/mol. The monoisotopic (exact) mass is 275 g/mol. The Labute approximate surface area is 119 Å². The average molecular weight is 275 g/mol. The van der Waals surface area contributed by atoms with Crippen LogP contribution >= 0.6 is 0 Å². The summed E-state index contributed by atoms with van der Waals surface area (Å²) in [5, 5.41) is 11.5. The summed E-state index contributed by atoms with van der Waals surface area (Å²) in [7, 11) is 0. The number of oxime groups is 1. The summed E-state index contributed by atoms with van der Waals surface area (Å²) in [6, 6.07) is 9.93. The molecule has 0 bridgehead atoms. The lowest BCUT2D eigenvalue weighted by atomic mass is 9.94. The molecule has 5 nitrogen and oxygen atoms in total. The van der Waals surface area contributed by atoms with E-state index >= 15 is 0 Å². The summed E-state index contributed by atoms with van der Waals surface area (Å²) in [6.07, 6.45) is 2.19. The van der Waals surface area contributed by atoms with Crippen molar-refractivity contribution in [2.45, 2.75) is 31.6 Å². The largest absolute Gasteiger partial charge is 0.409 e.